The summed E-state index contributed by atoms with van der Waals surface area (Å²) in [6, 6.07) is 6.27. The van der Waals surface area contributed by atoms with Crippen molar-refractivity contribution in [3.63, 3.8) is 0 Å². The van der Waals surface area contributed by atoms with Gasteiger partial charge in [0.05, 0.1) is 16.5 Å². The lowest BCUT2D eigenvalue weighted by atomic mass is 10.1. The first kappa shape index (κ1) is 14.2. The lowest BCUT2D eigenvalue weighted by Crippen LogP contribution is -2.01. The summed E-state index contributed by atoms with van der Waals surface area (Å²) in [6.45, 7) is 6.81. The van der Waals surface area contributed by atoms with Crippen LogP contribution in [0.2, 0.25) is 0 Å². The number of aryl methyl sites for hydroxylation is 3. The summed E-state index contributed by atoms with van der Waals surface area (Å²) >= 11 is 3.29. The first-order valence-electron chi connectivity index (χ1n) is 6.12. The van der Waals surface area contributed by atoms with Crippen molar-refractivity contribution in [2.24, 2.45) is 0 Å². The smallest absolute Gasteiger partial charge is 0.181 e. The number of nitrogens with zero attached hydrogens (tertiary/aromatic N) is 1. The summed E-state index contributed by atoms with van der Waals surface area (Å²) in [5.74, 6) is 1.87. The zero-order valence-corrected chi connectivity index (χ0v) is 13.0. The molecule has 19 heavy (non-hydrogen) atoms. The van der Waals surface area contributed by atoms with Gasteiger partial charge in [0.1, 0.15) is 5.75 Å². The normalized spacial score (nSPS) is 10.7. The van der Waals surface area contributed by atoms with Crippen molar-refractivity contribution < 1.29 is 4.74 Å². The molecular weight excluding hydrogens is 276 g/mol. The van der Waals surface area contributed by atoms with Crippen LogP contribution in [-0.2, 0) is 0 Å². The van der Waals surface area contributed by atoms with Crippen LogP contribution in [0.5, 0.6) is 5.75 Å². The number of hydrogen-bond acceptors (Lipinski definition) is 5. The van der Waals surface area contributed by atoms with Crippen molar-refractivity contribution in [2.45, 2.75) is 25.0 Å². The van der Waals surface area contributed by atoms with Crippen LogP contribution in [0.15, 0.2) is 22.4 Å². The Morgan fingerprint density at radius 2 is 2.11 bits per heavy atom. The van der Waals surface area contributed by atoms with Crippen molar-refractivity contribution in [3.05, 3.63) is 35.0 Å². The molecule has 102 valence electrons. The Labute approximate surface area is 122 Å². The molecule has 0 aliphatic rings. The van der Waals surface area contributed by atoms with Gasteiger partial charge in [-0.05, 0) is 38.0 Å². The van der Waals surface area contributed by atoms with E-state index in [0.717, 1.165) is 17.2 Å². The Bertz CT molecular complexity index is 567. The van der Waals surface area contributed by atoms with E-state index in [0.29, 0.717) is 11.7 Å². The van der Waals surface area contributed by atoms with Gasteiger partial charge in [0.25, 0.3) is 0 Å². The molecule has 0 amide bonds. The number of hydrogen-bond donors (Lipinski definition) is 1. The van der Waals surface area contributed by atoms with Crippen molar-refractivity contribution >= 4 is 28.2 Å². The molecule has 1 aromatic carbocycles. The number of aromatic nitrogens is 1. The summed E-state index contributed by atoms with van der Waals surface area (Å²) in [4.78, 5) is 4.21. The van der Waals surface area contributed by atoms with Crippen LogP contribution in [0.3, 0.4) is 0 Å². The summed E-state index contributed by atoms with van der Waals surface area (Å²) in [6.07, 6.45) is 0. The molecule has 0 atom stereocenters. The number of nitrogens with two attached hydrogens (primary N) is 1. The second kappa shape index (κ2) is 6.30. The number of thiazole rings is 1. The number of ether oxygens (including phenoxy) is 1. The molecule has 0 saturated heterocycles. The fourth-order valence-electron chi connectivity index (χ4n) is 1.69. The quantitative estimate of drug-likeness (QED) is 0.672. The third kappa shape index (κ3) is 3.88. The maximum atomic E-state index is 5.82. The number of thioether (sulfide) groups is 1. The van der Waals surface area contributed by atoms with Crippen LogP contribution < -0.4 is 10.5 Å². The molecule has 1 aromatic heterocycles. The minimum atomic E-state index is 0.635. The number of anilines is 1. The Balaban J connectivity index is 1.84. The minimum absolute atomic E-state index is 0.635. The molecule has 2 N–H and O–H groups in total. The molecule has 0 saturated carbocycles. The van der Waals surface area contributed by atoms with E-state index in [4.69, 9.17) is 10.5 Å². The molecule has 0 radical (unpaired) electrons. The molecule has 0 spiro atoms. The van der Waals surface area contributed by atoms with E-state index in [2.05, 4.69) is 37.0 Å². The highest BCUT2D eigenvalue weighted by Crippen LogP contribution is 2.30. The van der Waals surface area contributed by atoms with Crippen molar-refractivity contribution in [3.8, 4) is 5.75 Å². The number of nitrogen functional groups attached to an aromatic ring is 1. The first-order valence-corrected chi connectivity index (χ1v) is 7.92. The predicted molar refractivity (Wildman–Crippen MR) is 83.4 cm³/mol. The lowest BCUT2D eigenvalue weighted by molar-refractivity contribution is 0.341. The van der Waals surface area contributed by atoms with Gasteiger partial charge < -0.3 is 10.5 Å². The van der Waals surface area contributed by atoms with Crippen LogP contribution in [0.1, 0.15) is 16.8 Å². The van der Waals surface area contributed by atoms with Crippen LogP contribution in [0.4, 0.5) is 5.13 Å². The minimum Gasteiger partial charge on any atom is -0.492 e. The largest absolute Gasteiger partial charge is 0.492 e. The summed E-state index contributed by atoms with van der Waals surface area (Å²) in [7, 11) is 0. The molecule has 3 nitrogen and oxygen atoms in total. The molecular formula is C14H18N2OS2. The SMILES string of the molecule is Cc1ccc(C)c(OCCSc2sc(N)nc2C)c1. The summed E-state index contributed by atoms with van der Waals surface area (Å²) in [5, 5.41) is 0.635. The topological polar surface area (TPSA) is 48.1 Å². The Morgan fingerprint density at radius 3 is 2.79 bits per heavy atom. The van der Waals surface area contributed by atoms with Gasteiger partial charge in [-0.1, -0.05) is 23.5 Å². The highest BCUT2D eigenvalue weighted by molar-refractivity contribution is 8.01. The highest BCUT2D eigenvalue weighted by Gasteiger charge is 2.06. The molecule has 1 heterocycles. The van der Waals surface area contributed by atoms with Crippen molar-refractivity contribution in [1.29, 1.82) is 0 Å². The maximum absolute atomic E-state index is 5.82. The number of rotatable bonds is 5. The van der Waals surface area contributed by atoms with Gasteiger partial charge in [0, 0.05) is 5.75 Å². The van der Waals surface area contributed by atoms with E-state index in [1.165, 1.54) is 15.3 Å². The molecule has 5 heteroatoms. The van der Waals surface area contributed by atoms with Gasteiger partial charge in [-0.3, -0.25) is 0 Å². The van der Waals surface area contributed by atoms with E-state index >= 15 is 0 Å². The average Bonchev–Trinajstić information content (AvgIpc) is 2.67. The molecule has 2 rings (SSSR count). The summed E-state index contributed by atoms with van der Waals surface area (Å²) < 4.78 is 7.00. The third-order valence-electron chi connectivity index (χ3n) is 2.69. The Morgan fingerprint density at radius 1 is 1.32 bits per heavy atom. The lowest BCUT2D eigenvalue weighted by Gasteiger charge is -2.09. The van der Waals surface area contributed by atoms with E-state index in [9.17, 15) is 0 Å². The van der Waals surface area contributed by atoms with Crippen LogP contribution in [-0.4, -0.2) is 17.3 Å². The molecule has 0 aliphatic carbocycles. The van der Waals surface area contributed by atoms with Crippen molar-refractivity contribution in [2.75, 3.05) is 18.1 Å². The predicted octanol–water partition coefficient (Wildman–Crippen LogP) is 3.82. The van der Waals surface area contributed by atoms with E-state index in [1.807, 2.05) is 6.92 Å². The van der Waals surface area contributed by atoms with Crippen LogP contribution in [0.25, 0.3) is 0 Å². The van der Waals surface area contributed by atoms with E-state index < -0.39 is 0 Å². The van der Waals surface area contributed by atoms with E-state index in [-0.39, 0.29) is 0 Å². The molecule has 0 fully saturated rings. The van der Waals surface area contributed by atoms with Crippen LogP contribution in [0, 0.1) is 20.8 Å². The second-order valence-electron chi connectivity index (χ2n) is 4.39. The zero-order valence-electron chi connectivity index (χ0n) is 11.4. The Hall–Kier alpha value is -1.20. The summed E-state index contributed by atoms with van der Waals surface area (Å²) in [5.41, 5.74) is 9.08. The maximum Gasteiger partial charge on any atom is 0.181 e. The van der Waals surface area contributed by atoms with Gasteiger partial charge in [-0.2, -0.15) is 0 Å². The third-order valence-corrected chi connectivity index (χ3v) is 5.00. The Kier molecular flexibility index (Phi) is 4.71. The van der Waals surface area contributed by atoms with E-state index in [1.54, 1.807) is 23.1 Å². The standard InChI is InChI=1S/C14H18N2OS2/c1-9-4-5-10(2)12(8-9)17-6-7-18-13-11(3)16-14(15)19-13/h4-5,8H,6-7H2,1-3H3,(H2,15,16). The second-order valence-corrected chi connectivity index (χ2v) is 6.79. The zero-order chi connectivity index (χ0) is 13.8. The molecule has 2 aromatic rings. The van der Waals surface area contributed by atoms with Gasteiger partial charge in [-0.15, -0.1) is 11.8 Å². The van der Waals surface area contributed by atoms with Gasteiger partial charge in [0.2, 0.25) is 0 Å². The van der Waals surface area contributed by atoms with Gasteiger partial charge in [-0.25, -0.2) is 4.98 Å². The van der Waals surface area contributed by atoms with Crippen LogP contribution >= 0.6 is 23.1 Å². The highest BCUT2D eigenvalue weighted by atomic mass is 32.2. The van der Waals surface area contributed by atoms with Crippen molar-refractivity contribution in [1.82, 2.24) is 4.98 Å². The first-order chi connectivity index (χ1) is 9.06. The molecule has 0 unspecified atom stereocenters. The average molecular weight is 294 g/mol. The fraction of sp³-hybridized carbons (Fsp3) is 0.357. The van der Waals surface area contributed by atoms with Gasteiger partial charge in [0.15, 0.2) is 5.13 Å². The number of benzene rings is 1. The van der Waals surface area contributed by atoms with Gasteiger partial charge >= 0.3 is 0 Å². The molecule has 0 bridgehead atoms. The molecule has 0 aliphatic heterocycles. The monoisotopic (exact) mass is 294 g/mol. The fourth-order valence-corrected chi connectivity index (χ4v) is 3.60.